The Morgan fingerprint density at radius 3 is 2.03 bits per heavy atom. The van der Waals surface area contributed by atoms with Gasteiger partial charge in [0.15, 0.2) is 0 Å². The molecule has 0 saturated heterocycles. The van der Waals surface area contributed by atoms with Gasteiger partial charge < -0.3 is 30.5 Å². The third-order valence-corrected chi connectivity index (χ3v) is 6.37. The van der Waals surface area contributed by atoms with Crippen LogP contribution < -0.4 is 20.4 Å². The Morgan fingerprint density at radius 2 is 1.50 bits per heavy atom. The third kappa shape index (κ3) is 10.5. The molecule has 1 atom stereocenters. The largest absolute Gasteiger partial charge is 0.481 e. The zero-order valence-corrected chi connectivity index (χ0v) is 25.0. The van der Waals surface area contributed by atoms with Crippen LogP contribution in [0.3, 0.4) is 0 Å². The fourth-order valence-electron chi connectivity index (χ4n) is 3.34. The molecule has 0 bridgehead atoms. The molecular weight excluding hydrogens is 722 g/mol. The average Bonchev–Trinajstić information content (AvgIpc) is 2.89. The number of halogens is 2. The molecule has 3 amide bonds. The first-order chi connectivity index (χ1) is 18.1. The Balaban J connectivity index is 1.87. The van der Waals surface area contributed by atoms with E-state index in [0.717, 1.165) is 27.6 Å². The Kier molecular flexibility index (Phi) is 13.4. The number of alkyl halides is 2. The molecule has 0 aromatic heterocycles. The number of carbonyl (C=O) groups excluding carboxylic acids is 2. The number of ether oxygens (including phenoxy) is 1. The minimum Gasteiger partial charge on any atom is -0.481 e. The van der Waals surface area contributed by atoms with Crippen LogP contribution in [0.25, 0.3) is 0 Å². The van der Waals surface area contributed by atoms with Crippen molar-refractivity contribution >= 4 is 86.3 Å². The van der Waals surface area contributed by atoms with Crippen molar-refractivity contribution in [1.29, 1.82) is 0 Å². The van der Waals surface area contributed by atoms with Gasteiger partial charge in [0, 0.05) is 52.5 Å². The van der Waals surface area contributed by atoms with Gasteiger partial charge in [0.1, 0.15) is 12.6 Å². The monoisotopic (exact) mass is 752 g/mol. The van der Waals surface area contributed by atoms with Crippen molar-refractivity contribution in [3.05, 3.63) is 54.1 Å². The highest BCUT2D eigenvalue weighted by molar-refractivity contribution is 14.1. The van der Waals surface area contributed by atoms with Gasteiger partial charge in [-0.25, -0.2) is 14.4 Å². The smallest absolute Gasteiger partial charge is 0.414 e. The van der Waals surface area contributed by atoms with Gasteiger partial charge in [0.05, 0.1) is 0 Å². The van der Waals surface area contributed by atoms with Gasteiger partial charge in [-0.3, -0.25) is 9.69 Å². The van der Waals surface area contributed by atoms with Crippen molar-refractivity contribution < 1.29 is 34.1 Å². The number of amides is 3. The normalized spacial score (nSPS) is 11.2. The van der Waals surface area contributed by atoms with E-state index in [1.165, 1.54) is 4.90 Å². The molecule has 2 rings (SSSR count). The zero-order valence-electron chi connectivity index (χ0n) is 20.7. The predicted octanol–water partition coefficient (Wildman–Crippen LogP) is 4.58. The Labute approximate surface area is 248 Å². The van der Waals surface area contributed by atoms with Crippen LogP contribution in [0.1, 0.15) is 18.4 Å². The first-order valence-corrected chi connectivity index (χ1v) is 14.7. The Morgan fingerprint density at radius 1 is 0.921 bits per heavy atom. The molecule has 4 N–H and O–H groups in total. The summed E-state index contributed by atoms with van der Waals surface area (Å²) in [7, 11) is 1.64. The second-order valence-electron chi connectivity index (χ2n) is 8.11. The molecule has 206 valence electrons. The average molecular weight is 752 g/mol. The summed E-state index contributed by atoms with van der Waals surface area (Å²) in [6, 6.07) is 12.1. The second-order valence-corrected chi connectivity index (χ2v) is 10.3. The summed E-state index contributed by atoms with van der Waals surface area (Å²) in [6.45, 7) is 1.92. The molecule has 0 spiro atoms. The number of anilines is 3. The van der Waals surface area contributed by atoms with Crippen LogP contribution in [0.15, 0.2) is 48.5 Å². The van der Waals surface area contributed by atoms with Crippen LogP contribution in [0.2, 0.25) is 0 Å². The number of hydrogen-bond donors (Lipinski definition) is 4. The van der Waals surface area contributed by atoms with Gasteiger partial charge in [0.2, 0.25) is 0 Å². The molecule has 1 unspecified atom stereocenters. The van der Waals surface area contributed by atoms with E-state index in [0.29, 0.717) is 16.9 Å². The molecule has 11 nitrogen and oxygen atoms in total. The van der Waals surface area contributed by atoms with E-state index in [-0.39, 0.29) is 19.4 Å². The first kappa shape index (κ1) is 31.4. The van der Waals surface area contributed by atoms with Gasteiger partial charge in [-0.2, -0.15) is 0 Å². The SMILES string of the molecule is CN(C(=O)OCc1ccc(NC(=O)NC(CCC(=O)O)C(=O)O)cc1)c1ccc(N(CCI)CCI)cc1. The van der Waals surface area contributed by atoms with Crippen molar-refractivity contribution in [2.45, 2.75) is 25.5 Å². The first-order valence-electron chi connectivity index (χ1n) is 11.6. The van der Waals surface area contributed by atoms with Crippen molar-refractivity contribution in [3.63, 3.8) is 0 Å². The molecule has 2 aromatic rings. The van der Waals surface area contributed by atoms with Crippen LogP contribution in [-0.4, -0.2) is 69.3 Å². The van der Waals surface area contributed by atoms with Gasteiger partial charge in [-0.15, -0.1) is 0 Å². The van der Waals surface area contributed by atoms with Crippen LogP contribution >= 0.6 is 45.2 Å². The zero-order chi connectivity index (χ0) is 28.1. The number of carbonyl (C=O) groups is 4. The van der Waals surface area contributed by atoms with Crippen LogP contribution in [0.5, 0.6) is 0 Å². The molecule has 0 aliphatic carbocycles. The number of urea groups is 1. The molecule has 0 fully saturated rings. The summed E-state index contributed by atoms with van der Waals surface area (Å²) >= 11 is 4.71. The highest BCUT2D eigenvalue weighted by atomic mass is 127. The number of nitrogens with zero attached hydrogens (tertiary/aromatic N) is 2. The standard InChI is InChI=1S/C25H30I2N4O7/c1-30(19-6-8-20(9-7-19)31(14-12-26)15-13-27)25(37)38-16-17-2-4-18(5-3-17)28-24(36)29-21(23(34)35)10-11-22(32)33/h2-9,21H,10-16H2,1H3,(H,32,33)(H,34,35)(H2,28,29,36). The number of carboxylic acids is 2. The molecule has 0 heterocycles. The van der Waals surface area contributed by atoms with Crippen molar-refractivity contribution in [1.82, 2.24) is 5.32 Å². The Hall–Kier alpha value is -2.82. The van der Waals surface area contributed by atoms with E-state index in [4.69, 9.17) is 14.9 Å². The molecule has 38 heavy (non-hydrogen) atoms. The summed E-state index contributed by atoms with van der Waals surface area (Å²) < 4.78 is 7.45. The molecule has 0 aliphatic heterocycles. The lowest BCUT2D eigenvalue weighted by Crippen LogP contribution is -2.43. The van der Waals surface area contributed by atoms with Crippen molar-refractivity contribution in [2.75, 3.05) is 44.1 Å². The molecule has 0 aliphatic rings. The molecular formula is C25H30I2N4O7. The summed E-state index contributed by atoms with van der Waals surface area (Å²) in [5.74, 6) is -2.48. The van der Waals surface area contributed by atoms with E-state index in [9.17, 15) is 19.2 Å². The highest BCUT2D eigenvalue weighted by Gasteiger charge is 2.21. The van der Waals surface area contributed by atoms with E-state index in [1.54, 1.807) is 31.3 Å². The number of rotatable bonds is 14. The minimum atomic E-state index is -1.33. The fraction of sp³-hybridized carbons (Fsp3) is 0.360. The lowest BCUT2D eigenvalue weighted by molar-refractivity contribution is -0.140. The van der Waals surface area contributed by atoms with E-state index in [1.807, 2.05) is 24.3 Å². The van der Waals surface area contributed by atoms with Crippen molar-refractivity contribution in [3.8, 4) is 0 Å². The number of carboxylic acid groups (broad SMARTS) is 2. The lowest BCUT2D eigenvalue weighted by atomic mass is 10.1. The summed E-state index contributed by atoms with van der Waals surface area (Å²) in [5, 5.41) is 22.6. The predicted molar refractivity (Wildman–Crippen MR) is 162 cm³/mol. The number of nitrogens with one attached hydrogen (secondary N) is 2. The second kappa shape index (κ2) is 16.2. The van der Waals surface area contributed by atoms with Gasteiger partial charge in [0.25, 0.3) is 0 Å². The Bertz CT molecular complexity index is 1080. The number of aliphatic carboxylic acids is 2. The van der Waals surface area contributed by atoms with Crippen LogP contribution in [0.4, 0.5) is 26.7 Å². The number of benzene rings is 2. The van der Waals surface area contributed by atoms with Crippen LogP contribution in [0, 0.1) is 0 Å². The fourth-order valence-corrected chi connectivity index (χ4v) is 4.51. The van der Waals surface area contributed by atoms with E-state index in [2.05, 4.69) is 60.7 Å². The van der Waals surface area contributed by atoms with E-state index < -0.39 is 30.1 Å². The third-order valence-electron chi connectivity index (χ3n) is 5.41. The molecule has 2 aromatic carbocycles. The van der Waals surface area contributed by atoms with Crippen molar-refractivity contribution in [2.24, 2.45) is 0 Å². The maximum absolute atomic E-state index is 12.5. The topological polar surface area (TPSA) is 149 Å². The van der Waals surface area contributed by atoms with Gasteiger partial charge >= 0.3 is 24.1 Å². The summed E-state index contributed by atoms with van der Waals surface area (Å²) in [4.78, 5) is 50.2. The van der Waals surface area contributed by atoms with Crippen LogP contribution in [-0.2, 0) is 20.9 Å². The summed E-state index contributed by atoms with van der Waals surface area (Å²) in [5.41, 5.74) is 2.88. The maximum Gasteiger partial charge on any atom is 0.414 e. The maximum atomic E-state index is 12.5. The van der Waals surface area contributed by atoms with Gasteiger partial charge in [-0.1, -0.05) is 57.3 Å². The minimum absolute atomic E-state index is 0.0170. The lowest BCUT2D eigenvalue weighted by Gasteiger charge is -2.24. The molecule has 0 saturated carbocycles. The van der Waals surface area contributed by atoms with Gasteiger partial charge in [-0.05, 0) is 48.4 Å². The molecule has 0 radical (unpaired) electrons. The number of hydrogen-bond acceptors (Lipinski definition) is 6. The van der Waals surface area contributed by atoms with E-state index >= 15 is 0 Å². The quantitative estimate of drug-likeness (QED) is 0.162. The summed E-state index contributed by atoms with van der Waals surface area (Å²) in [6.07, 6.45) is -1.14. The molecule has 13 heteroatoms. The highest BCUT2D eigenvalue weighted by Crippen LogP contribution is 2.21.